The number of aliphatic hydroxyl groups is 2. The van der Waals surface area contributed by atoms with Crippen LogP contribution in [0.3, 0.4) is 0 Å². The normalized spacial score (nSPS) is 23.6. The number of thiol groups is 1. The maximum absolute atomic E-state index is 9.34. The number of rotatable bonds is 2. The molecular formula is C6H9NO2S. The molecule has 0 unspecified atom stereocenters. The number of nitrogens with zero attached hydrogens (tertiary/aromatic N) is 1. The first-order chi connectivity index (χ1) is 4.73. The summed E-state index contributed by atoms with van der Waals surface area (Å²) >= 11 is 3.72. The molecule has 1 saturated carbocycles. The first kappa shape index (κ1) is 7.63. The zero-order valence-electron chi connectivity index (χ0n) is 5.36. The predicted octanol–water partition coefficient (Wildman–Crippen LogP) is 0.869. The Labute approximate surface area is 64.5 Å². The molecule has 1 aliphatic carbocycles. The van der Waals surface area contributed by atoms with Crippen molar-refractivity contribution < 1.29 is 10.2 Å². The average Bonchev–Trinajstić information content (AvgIpc) is 2.64. The van der Waals surface area contributed by atoms with Gasteiger partial charge in [0, 0.05) is 0 Å². The number of aliphatic hydroxyl groups excluding tert-OH is 1. The second-order valence-corrected chi connectivity index (χ2v) is 2.52. The van der Waals surface area contributed by atoms with Gasteiger partial charge in [0.2, 0.25) is 0 Å². The Morgan fingerprint density at radius 1 is 1.60 bits per heavy atom. The van der Waals surface area contributed by atoms with Gasteiger partial charge in [0.1, 0.15) is 17.6 Å². The SMILES string of the molecule is O/C=C(\N=C/S)C1(O)CC1. The minimum atomic E-state index is -0.867. The van der Waals surface area contributed by atoms with Gasteiger partial charge in [-0.2, -0.15) is 0 Å². The van der Waals surface area contributed by atoms with Gasteiger partial charge in [-0.3, -0.25) is 0 Å². The molecule has 10 heavy (non-hydrogen) atoms. The fourth-order valence-corrected chi connectivity index (χ4v) is 0.835. The van der Waals surface area contributed by atoms with E-state index in [0.29, 0.717) is 18.5 Å². The molecule has 0 heterocycles. The van der Waals surface area contributed by atoms with Crippen LogP contribution in [0.25, 0.3) is 0 Å². The van der Waals surface area contributed by atoms with E-state index in [0.717, 1.165) is 6.26 Å². The summed E-state index contributed by atoms with van der Waals surface area (Å²) in [6, 6.07) is 0. The molecule has 0 radical (unpaired) electrons. The summed E-state index contributed by atoms with van der Waals surface area (Å²) in [7, 11) is 0. The molecule has 0 aromatic carbocycles. The van der Waals surface area contributed by atoms with Gasteiger partial charge in [-0.15, -0.1) is 12.6 Å². The lowest BCUT2D eigenvalue weighted by molar-refractivity contribution is 0.183. The van der Waals surface area contributed by atoms with Gasteiger partial charge in [-0.1, -0.05) is 0 Å². The van der Waals surface area contributed by atoms with Crippen LogP contribution in [0.15, 0.2) is 17.0 Å². The van der Waals surface area contributed by atoms with Crippen LogP contribution in [0.1, 0.15) is 12.8 Å². The topological polar surface area (TPSA) is 52.8 Å². The quantitative estimate of drug-likeness (QED) is 0.242. The summed E-state index contributed by atoms with van der Waals surface area (Å²) < 4.78 is 0. The first-order valence-corrected chi connectivity index (χ1v) is 3.48. The van der Waals surface area contributed by atoms with E-state index in [1.807, 2.05) is 0 Å². The van der Waals surface area contributed by atoms with Crippen molar-refractivity contribution in [2.75, 3.05) is 0 Å². The van der Waals surface area contributed by atoms with Crippen LogP contribution in [0.4, 0.5) is 0 Å². The molecule has 3 nitrogen and oxygen atoms in total. The maximum atomic E-state index is 9.34. The fraction of sp³-hybridized carbons (Fsp3) is 0.500. The van der Waals surface area contributed by atoms with Crippen molar-refractivity contribution in [2.45, 2.75) is 18.4 Å². The Kier molecular flexibility index (Phi) is 2.01. The molecule has 0 spiro atoms. The van der Waals surface area contributed by atoms with E-state index in [4.69, 9.17) is 5.11 Å². The lowest BCUT2D eigenvalue weighted by atomic mass is 10.3. The summed E-state index contributed by atoms with van der Waals surface area (Å²) in [4.78, 5) is 3.68. The Bertz CT molecular complexity index is 184. The molecule has 2 N–H and O–H groups in total. The fourth-order valence-electron chi connectivity index (χ4n) is 0.710. The highest BCUT2D eigenvalue weighted by Gasteiger charge is 2.44. The van der Waals surface area contributed by atoms with E-state index in [9.17, 15) is 5.11 Å². The third-order valence-corrected chi connectivity index (χ3v) is 1.63. The highest BCUT2D eigenvalue weighted by molar-refractivity contribution is 7.94. The van der Waals surface area contributed by atoms with E-state index in [1.165, 1.54) is 5.55 Å². The molecule has 1 aliphatic rings. The molecule has 0 atom stereocenters. The molecule has 1 fully saturated rings. The Morgan fingerprint density at radius 3 is 2.50 bits per heavy atom. The molecule has 0 aromatic heterocycles. The number of hydrogen-bond donors (Lipinski definition) is 3. The van der Waals surface area contributed by atoms with E-state index < -0.39 is 5.60 Å². The Hall–Kier alpha value is -0.480. The van der Waals surface area contributed by atoms with Crippen LogP contribution in [0.2, 0.25) is 0 Å². The van der Waals surface area contributed by atoms with E-state index in [-0.39, 0.29) is 0 Å². The monoisotopic (exact) mass is 159 g/mol. The Morgan fingerprint density at radius 2 is 2.20 bits per heavy atom. The largest absolute Gasteiger partial charge is 0.514 e. The average molecular weight is 159 g/mol. The van der Waals surface area contributed by atoms with Crippen molar-refractivity contribution in [2.24, 2.45) is 4.99 Å². The van der Waals surface area contributed by atoms with Gasteiger partial charge >= 0.3 is 0 Å². The molecule has 0 aliphatic heterocycles. The second kappa shape index (κ2) is 2.64. The highest BCUT2D eigenvalue weighted by atomic mass is 32.1. The highest BCUT2D eigenvalue weighted by Crippen LogP contribution is 2.42. The summed E-state index contributed by atoms with van der Waals surface area (Å²) in [6.45, 7) is 0. The lowest BCUT2D eigenvalue weighted by Gasteiger charge is -2.04. The summed E-state index contributed by atoms with van der Waals surface area (Å²) in [5.41, 5.74) is 0.675. The molecule has 0 bridgehead atoms. The van der Waals surface area contributed by atoms with Crippen LogP contribution >= 0.6 is 12.6 Å². The standard InChI is InChI=1S/C6H9NO2S/c8-3-5(7-4-10)6(9)1-2-6/h3-4,8-9H,1-2H2,(H,7,10)/b5-3-. The van der Waals surface area contributed by atoms with Crippen molar-refractivity contribution in [1.82, 2.24) is 0 Å². The van der Waals surface area contributed by atoms with Crippen LogP contribution < -0.4 is 0 Å². The zero-order chi connectivity index (χ0) is 7.61. The minimum Gasteiger partial charge on any atom is -0.514 e. The number of aliphatic imine (C=N–C) groups is 1. The van der Waals surface area contributed by atoms with Crippen molar-refractivity contribution >= 4 is 18.2 Å². The molecule has 1 rings (SSSR count). The van der Waals surface area contributed by atoms with Crippen LogP contribution in [0.5, 0.6) is 0 Å². The van der Waals surface area contributed by atoms with E-state index >= 15 is 0 Å². The molecule has 0 saturated heterocycles. The zero-order valence-corrected chi connectivity index (χ0v) is 6.25. The van der Waals surface area contributed by atoms with E-state index in [2.05, 4.69) is 17.6 Å². The predicted molar refractivity (Wildman–Crippen MR) is 42.4 cm³/mol. The van der Waals surface area contributed by atoms with Crippen molar-refractivity contribution in [3.8, 4) is 0 Å². The number of hydrogen-bond acceptors (Lipinski definition) is 3. The van der Waals surface area contributed by atoms with Gasteiger partial charge < -0.3 is 10.2 Å². The van der Waals surface area contributed by atoms with Gasteiger partial charge in [0.05, 0.1) is 5.55 Å². The van der Waals surface area contributed by atoms with Crippen LogP contribution in [0, 0.1) is 0 Å². The second-order valence-electron chi connectivity index (χ2n) is 2.29. The van der Waals surface area contributed by atoms with Gasteiger partial charge in [0.15, 0.2) is 0 Å². The van der Waals surface area contributed by atoms with Crippen molar-refractivity contribution in [3.63, 3.8) is 0 Å². The molecule has 0 amide bonds. The Balaban J connectivity index is 2.67. The van der Waals surface area contributed by atoms with Gasteiger partial charge in [-0.25, -0.2) is 4.99 Å². The lowest BCUT2D eigenvalue weighted by Crippen LogP contribution is -2.08. The smallest absolute Gasteiger partial charge is 0.110 e. The molecule has 0 aromatic rings. The van der Waals surface area contributed by atoms with E-state index in [1.54, 1.807) is 0 Å². The molecular weight excluding hydrogens is 150 g/mol. The van der Waals surface area contributed by atoms with Gasteiger partial charge in [-0.05, 0) is 12.8 Å². The van der Waals surface area contributed by atoms with Crippen molar-refractivity contribution in [3.05, 3.63) is 12.0 Å². The third-order valence-electron chi connectivity index (χ3n) is 1.52. The van der Waals surface area contributed by atoms with Crippen LogP contribution in [-0.4, -0.2) is 21.4 Å². The van der Waals surface area contributed by atoms with Gasteiger partial charge in [0.25, 0.3) is 0 Å². The van der Waals surface area contributed by atoms with Crippen LogP contribution in [-0.2, 0) is 0 Å². The summed E-state index contributed by atoms with van der Waals surface area (Å²) in [6.07, 6.45) is 2.16. The van der Waals surface area contributed by atoms with Crippen molar-refractivity contribution in [1.29, 1.82) is 0 Å². The first-order valence-electron chi connectivity index (χ1n) is 2.97. The third kappa shape index (κ3) is 1.33. The minimum absolute atomic E-state index is 0.294. The molecule has 4 heteroatoms. The summed E-state index contributed by atoms with van der Waals surface area (Å²) in [5.74, 6) is 0. The molecule has 56 valence electrons. The summed E-state index contributed by atoms with van der Waals surface area (Å²) in [5, 5.41) is 17.9. The maximum Gasteiger partial charge on any atom is 0.110 e.